The minimum absolute atomic E-state index is 0.0289. The predicted octanol–water partition coefficient (Wildman–Crippen LogP) is 7.37. The Kier molecular flexibility index (Phi) is 11.3. The molecule has 2 fully saturated rings. The van der Waals surface area contributed by atoms with Crippen molar-refractivity contribution in [3.05, 3.63) is 70.3 Å². The SMILES string of the molecule is C=S1(=O)NC(=O)c2ccc3c(c2)N(C[C@@H]2CC[C@H]2[C@](CN2C[C@@H](C)N(C(C)C)[C@H](C)C2)(OC)/C=C/C[C@H](C)[C@H]1C)C[C@@]1(CCCc2cc(Cl)ccc21)CO3. The molecule has 1 spiro atoms. The number of fused-ring (bicyclic) bond motifs is 4. The highest BCUT2D eigenvalue weighted by atomic mass is 35.5. The number of anilines is 1. The molecule has 1 saturated heterocycles. The quantitative estimate of drug-likeness (QED) is 0.257. The maximum atomic E-state index is 14.1. The van der Waals surface area contributed by atoms with Crippen LogP contribution in [0, 0.1) is 17.8 Å². The molecule has 54 heavy (non-hydrogen) atoms. The second-order valence-electron chi connectivity index (χ2n) is 17.8. The Labute approximate surface area is 330 Å². The van der Waals surface area contributed by atoms with Crippen LogP contribution < -0.4 is 14.4 Å². The molecule has 2 aliphatic carbocycles. The second kappa shape index (κ2) is 15.4. The highest BCUT2D eigenvalue weighted by Gasteiger charge is 2.50. The van der Waals surface area contributed by atoms with Crippen molar-refractivity contribution in [3.8, 4) is 5.75 Å². The normalized spacial score (nSPS) is 37.1. The van der Waals surface area contributed by atoms with Crippen molar-refractivity contribution in [2.75, 3.05) is 51.3 Å². The van der Waals surface area contributed by atoms with E-state index in [0.717, 1.165) is 81.3 Å². The number of rotatable bonds is 4. The van der Waals surface area contributed by atoms with E-state index in [-0.39, 0.29) is 22.5 Å². The number of carbonyl (C=O) groups excluding carboxylic acids is 1. The van der Waals surface area contributed by atoms with Gasteiger partial charge >= 0.3 is 0 Å². The van der Waals surface area contributed by atoms with E-state index in [4.69, 9.17) is 21.1 Å². The van der Waals surface area contributed by atoms with Crippen LogP contribution in [0.4, 0.5) is 5.69 Å². The maximum absolute atomic E-state index is 14.1. The first kappa shape index (κ1) is 39.7. The fraction of sp³-hybridized carbons (Fsp3) is 0.636. The zero-order valence-electron chi connectivity index (χ0n) is 33.6. The molecule has 1 amide bonds. The van der Waals surface area contributed by atoms with Gasteiger partial charge in [-0.05, 0) is 138 Å². The van der Waals surface area contributed by atoms with Gasteiger partial charge in [0.2, 0.25) is 0 Å². The molecule has 9 atom stereocenters. The average molecular weight is 780 g/mol. The minimum atomic E-state index is -2.96. The summed E-state index contributed by atoms with van der Waals surface area (Å²) in [5, 5.41) is 0.435. The molecule has 2 aromatic rings. The van der Waals surface area contributed by atoms with Gasteiger partial charge in [-0.25, -0.2) is 4.21 Å². The van der Waals surface area contributed by atoms with E-state index in [2.05, 4.69) is 84.2 Å². The van der Waals surface area contributed by atoms with Crippen LogP contribution in [0.2, 0.25) is 5.02 Å². The zero-order valence-corrected chi connectivity index (χ0v) is 35.2. The molecule has 3 heterocycles. The summed E-state index contributed by atoms with van der Waals surface area (Å²) in [6, 6.07) is 13.5. The van der Waals surface area contributed by atoms with Gasteiger partial charge in [-0.3, -0.25) is 19.3 Å². The molecule has 5 aliphatic rings. The van der Waals surface area contributed by atoms with E-state index < -0.39 is 15.3 Å². The van der Waals surface area contributed by atoms with Crippen LogP contribution in [0.3, 0.4) is 0 Å². The van der Waals surface area contributed by atoms with Gasteiger partial charge in [0.25, 0.3) is 5.91 Å². The number of carbonyl (C=O) groups is 1. The Morgan fingerprint density at radius 3 is 2.52 bits per heavy atom. The highest BCUT2D eigenvalue weighted by Crippen LogP contribution is 2.49. The van der Waals surface area contributed by atoms with E-state index in [0.29, 0.717) is 48.6 Å². The second-order valence-corrected chi connectivity index (χ2v) is 20.6. The Morgan fingerprint density at radius 2 is 1.83 bits per heavy atom. The van der Waals surface area contributed by atoms with Crippen LogP contribution in [-0.2, 0) is 26.3 Å². The predicted molar refractivity (Wildman–Crippen MR) is 224 cm³/mol. The molecule has 7 rings (SSSR count). The molecule has 2 aromatic carbocycles. The van der Waals surface area contributed by atoms with Crippen molar-refractivity contribution in [2.24, 2.45) is 17.8 Å². The van der Waals surface area contributed by atoms with Crippen LogP contribution in [0.25, 0.3) is 0 Å². The standard InChI is InChI=1S/C44H63ClN4O4S/c1-29(2)49-31(4)23-47(24-32(49)5)27-44(52-7)20-9-11-30(3)33(6)54(8,51)46-42(50)35-14-18-41-40(22-35)48(25-36-13-16-39(36)44)26-43(28-53-41)19-10-12-34-21-37(45)15-17-38(34)43/h9,14-15,17-18,20-22,29-33,36,39H,8,10-13,16,19,23-28H2,1-7H3,(H,46,50,51)/b20-9+/t30-,31+,32+,33+,36-,39+,43-,44-,54?/m0/s1. The number of aryl methyl sites for hydroxylation is 1. The van der Waals surface area contributed by atoms with Crippen LogP contribution in [0.5, 0.6) is 5.75 Å². The summed E-state index contributed by atoms with van der Waals surface area (Å²) in [6.45, 7) is 18.4. The Morgan fingerprint density at radius 1 is 1.07 bits per heavy atom. The van der Waals surface area contributed by atoms with Crippen LogP contribution in [0.1, 0.15) is 95.1 Å². The van der Waals surface area contributed by atoms with Crippen molar-refractivity contribution in [1.82, 2.24) is 14.5 Å². The number of hydrogen-bond acceptors (Lipinski definition) is 7. The summed E-state index contributed by atoms with van der Waals surface area (Å²) in [5.41, 5.74) is 3.30. The molecular formula is C44H63ClN4O4S. The summed E-state index contributed by atoms with van der Waals surface area (Å²) in [4.78, 5) is 21.6. The lowest BCUT2D eigenvalue weighted by Crippen LogP contribution is -2.63. The van der Waals surface area contributed by atoms with Crippen molar-refractivity contribution >= 4 is 38.8 Å². The van der Waals surface area contributed by atoms with Crippen molar-refractivity contribution < 1.29 is 18.5 Å². The van der Waals surface area contributed by atoms with Crippen molar-refractivity contribution in [3.63, 3.8) is 0 Å². The summed E-state index contributed by atoms with van der Waals surface area (Å²) in [6.07, 6.45) is 10.6. The number of nitrogens with one attached hydrogen (secondary N) is 1. The summed E-state index contributed by atoms with van der Waals surface area (Å²) >= 11 is 6.53. The van der Waals surface area contributed by atoms with E-state index >= 15 is 0 Å². The van der Waals surface area contributed by atoms with E-state index in [1.807, 2.05) is 32.2 Å². The third-order valence-electron chi connectivity index (χ3n) is 13.9. The number of amides is 1. The fourth-order valence-corrected chi connectivity index (χ4v) is 12.5. The fourth-order valence-electron chi connectivity index (χ4n) is 10.8. The Bertz CT molecular complexity index is 1840. The minimum Gasteiger partial charge on any atom is -0.490 e. The molecule has 1 unspecified atom stereocenters. The molecule has 0 aromatic heterocycles. The van der Waals surface area contributed by atoms with Gasteiger partial charge in [0.15, 0.2) is 0 Å². The summed E-state index contributed by atoms with van der Waals surface area (Å²) in [5.74, 6) is 5.21. The lowest BCUT2D eigenvalue weighted by molar-refractivity contribution is -0.104. The summed E-state index contributed by atoms with van der Waals surface area (Å²) < 4.78 is 30.5. The van der Waals surface area contributed by atoms with Gasteiger partial charge in [-0.15, -0.1) is 0 Å². The number of allylic oxidation sites excluding steroid dienone is 1. The molecule has 3 aliphatic heterocycles. The number of benzene rings is 2. The number of piperazine rings is 1. The first-order chi connectivity index (χ1) is 25.6. The van der Waals surface area contributed by atoms with Gasteiger partial charge in [-0.2, -0.15) is 0 Å². The van der Waals surface area contributed by atoms with Crippen LogP contribution in [0.15, 0.2) is 48.6 Å². The maximum Gasteiger partial charge on any atom is 0.262 e. The number of hydrogen-bond donors (Lipinski definition) is 1. The lowest BCUT2D eigenvalue weighted by Gasteiger charge is -2.54. The van der Waals surface area contributed by atoms with Crippen LogP contribution in [-0.4, -0.2) is 101 Å². The van der Waals surface area contributed by atoms with Gasteiger partial charge < -0.3 is 14.4 Å². The first-order valence-corrected chi connectivity index (χ1v) is 22.5. The largest absolute Gasteiger partial charge is 0.490 e. The number of nitrogens with zero attached hydrogens (tertiary/aromatic N) is 3. The molecule has 0 radical (unpaired) electrons. The molecule has 296 valence electrons. The number of ether oxygens (including phenoxy) is 2. The van der Waals surface area contributed by atoms with Crippen molar-refractivity contribution in [2.45, 2.75) is 114 Å². The number of halogens is 1. The van der Waals surface area contributed by atoms with Gasteiger partial charge in [0.1, 0.15) is 11.4 Å². The first-order valence-electron chi connectivity index (χ1n) is 20.4. The van der Waals surface area contributed by atoms with Crippen molar-refractivity contribution in [1.29, 1.82) is 0 Å². The molecule has 1 saturated carbocycles. The van der Waals surface area contributed by atoms with Gasteiger partial charge in [-0.1, -0.05) is 36.7 Å². The van der Waals surface area contributed by atoms with E-state index in [1.54, 1.807) is 6.07 Å². The zero-order chi connectivity index (χ0) is 38.6. The number of methoxy groups -OCH3 is 1. The highest BCUT2D eigenvalue weighted by molar-refractivity contribution is 7.99. The summed E-state index contributed by atoms with van der Waals surface area (Å²) in [7, 11) is -1.06. The Hall–Kier alpha value is -2.56. The Balaban J connectivity index is 1.30. The monoisotopic (exact) mass is 778 g/mol. The molecule has 10 heteroatoms. The van der Waals surface area contributed by atoms with E-state index in [1.165, 1.54) is 11.1 Å². The third-order valence-corrected chi connectivity index (χ3v) is 16.3. The van der Waals surface area contributed by atoms with Gasteiger partial charge in [0.05, 0.1) is 22.0 Å². The smallest absolute Gasteiger partial charge is 0.262 e. The molecule has 2 bridgehead atoms. The molecule has 8 nitrogen and oxygen atoms in total. The topological polar surface area (TPSA) is 74.4 Å². The lowest BCUT2D eigenvalue weighted by atomic mass is 9.63. The molecule has 1 N–H and O–H groups in total. The van der Waals surface area contributed by atoms with E-state index in [9.17, 15) is 9.00 Å². The van der Waals surface area contributed by atoms with Crippen LogP contribution >= 0.6 is 11.6 Å². The molecular weight excluding hydrogens is 716 g/mol. The average Bonchev–Trinajstić information content (AvgIpc) is 3.25. The third kappa shape index (κ3) is 7.49. The van der Waals surface area contributed by atoms with Gasteiger partial charge in [0, 0.05) is 79.2 Å².